The average molecular weight is 685 g/mol. The number of benzene rings is 10. The summed E-state index contributed by atoms with van der Waals surface area (Å²) in [5, 5.41) is 12.6. The molecule has 0 atom stereocenters. The highest BCUT2D eigenvalue weighted by Gasteiger charge is 2.26. The second-order valence-electron chi connectivity index (χ2n) is 14.5. The molecule has 250 valence electrons. The van der Waals surface area contributed by atoms with Gasteiger partial charge in [-0.2, -0.15) is 0 Å². The van der Waals surface area contributed by atoms with E-state index < -0.39 is 0 Å². The number of rotatable bonds is 4. The summed E-state index contributed by atoms with van der Waals surface area (Å²) in [7, 11) is 0. The Balaban J connectivity index is 1.12. The minimum absolute atomic E-state index is 1.12. The third kappa shape index (κ3) is 4.17. The van der Waals surface area contributed by atoms with E-state index in [0.717, 1.165) is 22.7 Å². The zero-order valence-electron chi connectivity index (χ0n) is 29.4. The summed E-state index contributed by atoms with van der Waals surface area (Å²) in [6.45, 7) is 0. The van der Waals surface area contributed by atoms with Crippen LogP contribution in [-0.4, -0.2) is 4.57 Å². The summed E-state index contributed by atoms with van der Waals surface area (Å²) in [4.78, 5) is 2.47. The van der Waals surface area contributed by atoms with Crippen molar-refractivity contribution in [2.45, 2.75) is 0 Å². The lowest BCUT2D eigenvalue weighted by Crippen LogP contribution is -2.10. The van der Waals surface area contributed by atoms with Gasteiger partial charge in [-0.1, -0.05) is 133 Å². The first kappa shape index (κ1) is 29.4. The summed E-state index contributed by atoms with van der Waals surface area (Å²) in [6, 6.07) is 71.6. The quantitative estimate of drug-likeness (QED) is 0.168. The molecular weight excluding hydrogens is 653 g/mol. The maximum absolute atomic E-state index is 2.47. The number of hydrogen-bond donors (Lipinski definition) is 0. The first-order chi connectivity index (χ1) is 26.8. The van der Waals surface area contributed by atoms with Crippen LogP contribution in [0.5, 0.6) is 0 Å². The van der Waals surface area contributed by atoms with Crippen molar-refractivity contribution >= 4 is 82.0 Å². The molecule has 0 aliphatic heterocycles. The number of para-hydroxylation sites is 1. The lowest BCUT2D eigenvalue weighted by Gasteiger charge is -2.28. The second kappa shape index (κ2) is 11.2. The van der Waals surface area contributed by atoms with Gasteiger partial charge in [0.2, 0.25) is 0 Å². The fourth-order valence-electron chi connectivity index (χ4n) is 9.26. The van der Waals surface area contributed by atoms with Crippen LogP contribution in [0.4, 0.5) is 17.1 Å². The van der Waals surface area contributed by atoms with Crippen LogP contribution < -0.4 is 4.90 Å². The second-order valence-corrected chi connectivity index (χ2v) is 14.5. The third-order valence-electron chi connectivity index (χ3n) is 11.6. The molecular formula is C52H32N2. The number of nitrogens with zero attached hydrogens (tertiary/aromatic N) is 2. The Morgan fingerprint density at radius 1 is 0.333 bits per heavy atom. The van der Waals surface area contributed by atoms with Gasteiger partial charge in [0.05, 0.1) is 16.7 Å². The van der Waals surface area contributed by atoms with Crippen LogP contribution >= 0.6 is 0 Å². The molecule has 0 fully saturated rings. The normalized spacial score (nSPS) is 12.1. The molecule has 0 radical (unpaired) electrons. The van der Waals surface area contributed by atoms with Crippen molar-refractivity contribution in [3.63, 3.8) is 0 Å². The van der Waals surface area contributed by atoms with Crippen LogP contribution in [0.3, 0.4) is 0 Å². The molecule has 1 aliphatic rings. The molecule has 10 aromatic carbocycles. The molecule has 0 bridgehead atoms. The van der Waals surface area contributed by atoms with Crippen LogP contribution in [0.2, 0.25) is 0 Å². The average Bonchev–Trinajstić information content (AvgIpc) is 3.74. The number of anilines is 3. The summed E-state index contributed by atoms with van der Waals surface area (Å²) in [5.41, 5.74) is 12.2. The van der Waals surface area contributed by atoms with E-state index in [0.29, 0.717) is 0 Å². The highest BCUT2D eigenvalue weighted by molar-refractivity contribution is 6.24. The fourth-order valence-corrected chi connectivity index (χ4v) is 9.26. The molecule has 1 aliphatic carbocycles. The maximum Gasteiger partial charge on any atom is 0.0542 e. The van der Waals surface area contributed by atoms with Gasteiger partial charge in [-0.15, -0.1) is 0 Å². The van der Waals surface area contributed by atoms with E-state index in [1.807, 2.05) is 0 Å². The summed E-state index contributed by atoms with van der Waals surface area (Å²) in [6.07, 6.45) is 0. The first-order valence-electron chi connectivity index (χ1n) is 18.7. The highest BCUT2D eigenvalue weighted by Crippen LogP contribution is 2.52. The first-order valence-corrected chi connectivity index (χ1v) is 18.7. The standard InChI is InChI=1S/C52H32N2/c1-2-13-35-30-38(24-23-33(35)11-1)54-49-21-8-7-19-44(49)46-31-40(26-28-50(46)54)53(48-22-10-15-34-12-3-5-17-41(34)48)39-25-27-43-45-20-9-16-37-29-36-14-4-6-18-42(36)52(51(37)45)47(43)32-39/h1-32H. The van der Waals surface area contributed by atoms with Gasteiger partial charge < -0.3 is 9.47 Å². The van der Waals surface area contributed by atoms with Crippen molar-refractivity contribution in [3.8, 4) is 27.9 Å². The van der Waals surface area contributed by atoms with E-state index in [9.17, 15) is 0 Å². The van der Waals surface area contributed by atoms with Gasteiger partial charge in [-0.3, -0.25) is 0 Å². The van der Waals surface area contributed by atoms with E-state index in [1.165, 1.54) is 87.1 Å². The molecule has 0 unspecified atom stereocenters. The Hall–Kier alpha value is -7.16. The Bertz CT molecular complexity index is 3340. The molecule has 11 aromatic rings. The minimum atomic E-state index is 1.12. The Morgan fingerprint density at radius 3 is 1.91 bits per heavy atom. The molecule has 12 rings (SSSR count). The predicted molar refractivity (Wildman–Crippen MR) is 230 cm³/mol. The van der Waals surface area contributed by atoms with Gasteiger partial charge in [0.15, 0.2) is 0 Å². The van der Waals surface area contributed by atoms with Crippen molar-refractivity contribution in [2.24, 2.45) is 0 Å². The lowest BCUT2D eigenvalue weighted by atomic mass is 9.95. The largest absolute Gasteiger partial charge is 0.310 e. The molecule has 0 amide bonds. The van der Waals surface area contributed by atoms with Crippen LogP contribution in [-0.2, 0) is 0 Å². The molecule has 2 nitrogen and oxygen atoms in total. The zero-order valence-corrected chi connectivity index (χ0v) is 29.4. The SMILES string of the molecule is c1ccc2cc(-n3c4ccccc4c4cc(N(c5ccc6c(c5)-c5c7ccccc7cc7cccc-6c57)c5cccc6ccccc56)ccc43)ccc2c1. The van der Waals surface area contributed by atoms with Crippen molar-refractivity contribution in [2.75, 3.05) is 4.90 Å². The molecule has 1 heterocycles. The Labute approximate surface area is 312 Å². The summed E-state index contributed by atoms with van der Waals surface area (Å²) in [5.74, 6) is 0. The van der Waals surface area contributed by atoms with Crippen molar-refractivity contribution in [1.29, 1.82) is 0 Å². The molecule has 0 saturated heterocycles. The number of aromatic nitrogens is 1. The summed E-state index contributed by atoms with van der Waals surface area (Å²) < 4.78 is 2.42. The molecule has 0 spiro atoms. The number of hydrogen-bond acceptors (Lipinski definition) is 1. The topological polar surface area (TPSA) is 8.17 Å². The van der Waals surface area contributed by atoms with Gasteiger partial charge in [-0.25, -0.2) is 0 Å². The van der Waals surface area contributed by atoms with Crippen molar-refractivity contribution < 1.29 is 0 Å². The van der Waals surface area contributed by atoms with Gasteiger partial charge in [0, 0.05) is 33.2 Å². The predicted octanol–water partition coefficient (Wildman–Crippen LogP) is 14.5. The van der Waals surface area contributed by atoms with Crippen LogP contribution in [0, 0.1) is 0 Å². The van der Waals surface area contributed by atoms with Gasteiger partial charge in [-0.05, 0) is 121 Å². The molecule has 1 aromatic heterocycles. The van der Waals surface area contributed by atoms with E-state index in [-0.39, 0.29) is 0 Å². The van der Waals surface area contributed by atoms with E-state index in [2.05, 4.69) is 204 Å². The van der Waals surface area contributed by atoms with Crippen molar-refractivity contribution in [1.82, 2.24) is 4.57 Å². The zero-order chi connectivity index (χ0) is 35.3. The van der Waals surface area contributed by atoms with Gasteiger partial charge in [0.25, 0.3) is 0 Å². The highest BCUT2D eigenvalue weighted by atomic mass is 15.1. The maximum atomic E-state index is 2.47. The fraction of sp³-hybridized carbons (Fsp3) is 0. The van der Waals surface area contributed by atoms with Crippen LogP contribution in [0.1, 0.15) is 0 Å². The Morgan fingerprint density at radius 2 is 1.00 bits per heavy atom. The van der Waals surface area contributed by atoms with Crippen LogP contribution in [0.15, 0.2) is 194 Å². The molecule has 2 heteroatoms. The monoisotopic (exact) mass is 684 g/mol. The van der Waals surface area contributed by atoms with Gasteiger partial charge >= 0.3 is 0 Å². The molecule has 54 heavy (non-hydrogen) atoms. The van der Waals surface area contributed by atoms with Crippen molar-refractivity contribution in [3.05, 3.63) is 194 Å². The minimum Gasteiger partial charge on any atom is -0.310 e. The molecule has 0 N–H and O–H groups in total. The van der Waals surface area contributed by atoms with E-state index in [1.54, 1.807) is 0 Å². The molecule has 0 saturated carbocycles. The Kier molecular flexibility index (Phi) is 6.09. The van der Waals surface area contributed by atoms with E-state index >= 15 is 0 Å². The van der Waals surface area contributed by atoms with E-state index in [4.69, 9.17) is 0 Å². The lowest BCUT2D eigenvalue weighted by molar-refractivity contribution is 1.18. The third-order valence-corrected chi connectivity index (χ3v) is 11.6. The smallest absolute Gasteiger partial charge is 0.0542 e. The number of fused-ring (bicyclic) bond motifs is 10. The van der Waals surface area contributed by atoms with Crippen LogP contribution in [0.25, 0.3) is 92.8 Å². The van der Waals surface area contributed by atoms with Gasteiger partial charge in [0.1, 0.15) is 0 Å². The summed E-state index contributed by atoms with van der Waals surface area (Å²) >= 11 is 0.